The number of carbonyl (C=O) groups excluding carboxylic acids is 1. The molecule has 0 amide bonds. The molecule has 0 unspecified atom stereocenters. The van der Waals surface area contributed by atoms with Crippen LogP contribution in [0, 0.1) is 0 Å². The number of benzene rings is 2. The van der Waals surface area contributed by atoms with Crippen LogP contribution in [-0.4, -0.2) is 64.6 Å². The number of rotatable bonds is 9. The number of ketones is 1. The molecule has 9 heteroatoms. The van der Waals surface area contributed by atoms with Crippen LogP contribution in [0.1, 0.15) is 24.8 Å². The first kappa shape index (κ1) is 25.9. The lowest BCUT2D eigenvalue weighted by atomic mass is 10.0. The molecule has 0 saturated carbocycles. The second-order valence-corrected chi connectivity index (χ2v) is 10.3. The first-order chi connectivity index (χ1) is 18.5. The van der Waals surface area contributed by atoms with Crippen molar-refractivity contribution in [2.24, 2.45) is 0 Å². The van der Waals surface area contributed by atoms with Crippen LogP contribution in [0.4, 0.5) is 17.3 Å². The Morgan fingerprint density at radius 3 is 2.79 bits per heavy atom. The van der Waals surface area contributed by atoms with Gasteiger partial charge in [-0.25, -0.2) is 4.98 Å². The summed E-state index contributed by atoms with van der Waals surface area (Å²) in [5, 5.41) is 12.1. The molecule has 2 aromatic carbocycles. The van der Waals surface area contributed by atoms with Crippen LogP contribution >= 0.6 is 11.6 Å². The maximum atomic E-state index is 12.5. The van der Waals surface area contributed by atoms with E-state index in [1.165, 1.54) is 19.3 Å². The number of hydrogen-bond donors (Lipinski definition) is 2. The van der Waals surface area contributed by atoms with E-state index in [0.29, 0.717) is 18.0 Å². The summed E-state index contributed by atoms with van der Waals surface area (Å²) in [6.07, 6.45) is 9.20. The molecule has 0 atom stereocenters. The minimum Gasteiger partial charge on any atom is -0.370 e. The second-order valence-electron chi connectivity index (χ2n) is 9.88. The highest BCUT2D eigenvalue weighted by Crippen LogP contribution is 2.33. The molecule has 2 aromatic heterocycles. The van der Waals surface area contributed by atoms with E-state index in [0.717, 1.165) is 58.2 Å². The number of piperidine rings is 1. The zero-order chi connectivity index (χ0) is 26.5. The molecule has 5 rings (SSSR count). The number of aromatic nitrogens is 4. The van der Waals surface area contributed by atoms with Crippen molar-refractivity contribution in [2.75, 3.05) is 43.9 Å². The fraction of sp³-hybridized carbons (Fsp3) is 0.310. The average molecular weight is 530 g/mol. The van der Waals surface area contributed by atoms with E-state index in [-0.39, 0.29) is 5.78 Å². The minimum atomic E-state index is 0.0646. The lowest BCUT2D eigenvalue weighted by molar-refractivity contribution is -0.114. The molecule has 196 valence electrons. The molecular formula is C29H32ClN7O. The van der Waals surface area contributed by atoms with Gasteiger partial charge in [-0.3, -0.25) is 9.89 Å². The highest BCUT2D eigenvalue weighted by molar-refractivity contribution is 6.33. The summed E-state index contributed by atoms with van der Waals surface area (Å²) in [7, 11) is 3.95. The van der Waals surface area contributed by atoms with E-state index in [1.54, 1.807) is 12.3 Å². The fourth-order valence-electron chi connectivity index (χ4n) is 4.69. The highest BCUT2D eigenvalue weighted by atomic mass is 35.5. The Labute approximate surface area is 227 Å². The number of likely N-dealkylation sites (N-methyl/N-ethyl adjacent to an activating group) is 1. The highest BCUT2D eigenvalue weighted by Gasteiger charge is 2.16. The van der Waals surface area contributed by atoms with E-state index in [4.69, 9.17) is 16.6 Å². The number of allylic oxidation sites excluding steroid dienone is 1. The van der Waals surface area contributed by atoms with Gasteiger partial charge in [0.15, 0.2) is 11.4 Å². The molecule has 0 bridgehead atoms. The maximum absolute atomic E-state index is 12.5. The van der Waals surface area contributed by atoms with Gasteiger partial charge < -0.3 is 15.1 Å². The molecule has 1 fully saturated rings. The van der Waals surface area contributed by atoms with Gasteiger partial charge in [-0.2, -0.15) is 10.1 Å². The van der Waals surface area contributed by atoms with Crippen molar-refractivity contribution in [2.45, 2.75) is 25.7 Å². The summed E-state index contributed by atoms with van der Waals surface area (Å²) in [4.78, 5) is 26.3. The van der Waals surface area contributed by atoms with Crippen LogP contribution in [0.15, 0.2) is 60.8 Å². The molecule has 4 aromatic rings. The minimum absolute atomic E-state index is 0.0646. The first-order valence-corrected chi connectivity index (χ1v) is 13.3. The summed E-state index contributed by atoms with van der Waals surface area (Å²) in [5.74, 6) is 0.520. The number of carbonyl (C=O) groups is 1. The smallest absolute Gasteiger partial charge is 0.229 e. The molecule has 0 aliphatic carbocycles. The van der Waals surface area contributed by atoms with Crippen molar-refractivity contribution < 1.29 is 4.79 Å². The van der Waals surface area contributed by atoms with Gasteiger partial charge in [0.2, 0.25) is 5.95 Å². The SMILES string of the molecule is CN(C)C/C=C/C(=O)Cc1cccc(-c2nc(Nc3ccc(Cl)c(N4CCCCC4)c3)nc3[nH]ncc23)c1. The maximum Gasteiger partial charge on any atom is 0.229 e. The van der Waals surface area contributed by atoms with Crippen LogP contribution in [0.2, 0.25) is 5.02 Å². The van der Waals surface area contributed by atoms with E-state index in [9.17, 15) is 4.79 Å². The lowest BCUT2D eigenvalue weighted by Gasteiger charge is -2.30. The Morgan fingerprint density at radius 1 is 1.13 bits per heavy atom. The van der Waals surface area contributed by atoms with E-state index < -0.39 is 0 Å². The van der Waals surface area contributed by atoms with Crippen molar-refractivity contribution in [1.29, 1.82) is 0 Å². The quantitative estimate of drug-likeness (QED) is 0.271. The lowest BCUT2D eigenvalue weighted by Crippen LogP contribution is -2.29. The Balaban J connectivity index is 1.41. The fourth-order valence-corrected chi connectivity index (χ4v) is 4.93. The molecule has 3 heterocycles. The normalized spacial score (nSPS) is 14.1. The van der Waals surface area contributed by atoms with Gasteiger partial charge in [0.05, 0.1) is 28.0 Å². The van der Waals surface area contributed by atoms with Crippen molar-refractivity contribution in [3.05, 3.63) is 71.4 Å². The summed E-state index contributed by atoms with van der Waals surface area (Å²) in [6.45, 7) is 2.75. The summed E-state index contributed by atoms with van der Waals surface area (Å²) >= 11 is 6.55. The molecule has 2 N–H and O–H groups in total. The number of nitrogens with one attached hydrogen (secondary N) is 2. The number of nitrogens with zero attached hydrogens (tertiary/aromatic N) is 5. The van der Waals surface area contributed by atoms with E-state index in [1.807, 2.05) is 61.5 Å². The van der Waals surface area contributed by atoms with Crippen LogP contribution in [0.25, 0.3) is 22.3 Å². The Kier molecular flexibility index (Phi) is 8.00. The summed E-state index contributed by atoms with van der Waals surface area (Å²) in [5.41, 5.74) is 5.09. The Bertz CT molecular complexity index is 1460. The van der Waals surface area contributed by atoms with Crippen molar-refractivity contribution in [3.8, 4) is 11.3 Å². The van der Waals surface area contributed by atoms with Gasteiger partial charge in [-0.1, -0.05) is 35.9 Å². The third-order valence-electron chi connectivity index (χ3n) is 6.56. The predicted molar refractivity (Wildman–Crippen MR) is 154 cm³/mol. The monoisotopic (exact) mass is 529 g/mol. The molecule has 0 spiro atoms. The number of H-pyrrole nitrogens is 1. The standard InChI is InChI=1S/C29H32ClN7O/c1-36(2)13-7-10-23(38)17-20-8-6-9-21(16-20)27-24-19-31-35-28(24)34-29(33-27)32-22-11-12-25(30)26(18-22)37-14-4-3-5-15-37/h6-12,16,18-19H,3-5,13-15,17H2,1-2H3,(H2,31,32,33,34,35)/b10-7+. The van der Waals surface area contributed by atoms with Crippen LogP contribution < -0.4 is 10.2 Å². The van der Waals surface area contributed by atoms with Gasteiger partial charge in [0, 0.05) is 37.3 Å². The zero-order valence-corrected chi connectivity index (χ0v) is 22.5. The number of hydrogen-bond acceptors (Lipinski definition) is 7. The Morgan fingerprint density at radius 2 is 1.97 bits per heavy atom. The average Bonchev–Trinajstić information content (AvgIpc) is 3.38. The molecule has 1 aliphatic rings. The number of anilines is 3. The van der Waals surface area contributed by atoms with Crippen LogP contribution in [0.3, 0.4) is 0 Å². The third kappa shape index (κ3) is 6.20. The van der Waals surface area contributed by atoms with Gasteiger partial charge >= 0.3 is 0 Å². The van der Waals surface area contributed by atoms with Gasteiger partial charge in [0.1, 0.15) is 0 Å². The van der Waals surface area contributed by atoms with Crippen molar-refractivity contribution >= 4 is 45.7 Å². The van der Waals surface area contributed by atoms with Crippen LogP contribution in [-0.2, 0) is 11.2 Å². The third-order valence-corrected chi connectivity index (χ3v) is 6.88. The first-order valence-electron chi connectivity index (χ1n) is 12.9. The molecule has 1 aliphatic heterocycles. The van der Waals surface area contributed by atoms with Gasteiger partial charge in [-0.05, 0) is 69.3 Å². The topological polar surface area (TPSA) is 90.0 Å². The van der Waals surface area contributed by atoms with Crippen molar-refractivity contribution in [1.82, 2.24) is 25.1 Å². The van der Waals surface area contributed by atoms with Crippen molar-refractivity contribution in [3.63, 3.8) is 0 Å². The van der Waals surface area contributed by atoms with Gasteiger partial charge in [-0.15, -0.1) is 0 Å². The Hall–Kier alpha value is -3.75. The number of fused-ring (bicyclic) bond motifs is 1. The predicted octanol–water partition coefficient (Wildman–Crippen LogP) is 5.64. The molecule has 0 radical (unpaired) electrons. The second kappa shape index (κ2) is 11.8. The molecule has 8 nitrogen and oxygen atoms in total. The van der Waals surface area contributed by atoms with E-state index >= 15 is 0 Å². The van der Waals surface area contributed by atoms with Gasteiger partial charge in [0.25, 0.3) is 0 Å². The van der Waals surface area contributed by atoms with Crippen LogP contribution in [0.5, 0.6) is 0 Å². The molecule has 1 saturated heterocycles. The zero-order valence-electron chi connectivity index (χ0n) is 21.7. The molecule has 38 heavy (non-hydrogen) atoms. The summed E-state index contributed by atoms with van der Waals surface area (Å²) < 4.78 is 0. The largest absolute Gasteiger partial charge is 0.370 e. The number of halogens is 1. The summed E-state index contributed by atoms with van der Waals surface area (Å²) in [6, 6.07) is 13.8. The van der Waals surface area contributed by atoms with E-state index in [2.05, 4.69) is 31.5 Å². The molecular weight excluding hydrogens is 498 g/mol. The number of aromatic amines is 1.